The van der Waals surface area contributed by atoms with Crippen molar-refractivity contribution in [1.29, 1.82) is 0 Å². The van der Waals surface area contributed by atoms with Crippen molar-refractivity contribution in [3.8, 4) is 11.5 Å². The highest BCUT2D eigenvalue weighted by atomic mass is 32.2. The zero-order chi connectivity index (χ0) is 32.6. The molecule has 45 heavy (non-hydrogen) atoms. The summed E-state index contributed by atoms with van der Waals surface area (Å²) >= 11 is 0. The summed E-state index contributed by atoms with van der Waals surface area (Å²) in [7, 11) is -3.24. The van der Waals surface area contributed by atoms with Gasteiger partial charge in [0.1, 0.15) is 23.4 Å². The second-order valence-electron chi connectivity index (χ2n) is 11.3. The molecule has 4 rings (SSSR count). The first kappa shape index (κ1) is 33.9. The number of phenols is 1. The minimum atomic E-state index is -3.24. The highest BCUT2D eigenvalue weighted by Gasteiger charge is 2.49. The number of hydrogen-bond acceptors (Lipinski definition) is 7. The molecule has 2 N–H and O–H groups in total. The van der Waals surface area contributed by atoms with Gasteiger partial charge in [0.2, 0.25) is 15.9 Å². The fourth-order valence-corrected chi connectivity index (χ4v) is 6.08. The fourth-order valence-electron chi connectivity index (χ4n) is 5.57. The normalized spacial score (nSPS) is 17.1. The van der Waals surface area contributed by atoms with Crippen molar-refractivity contribution in [2.75, 3.05) is 24.3 Å². The van der Waals surface area contributed by atoms with Crippen molar-refractivity contribution in [3.63, 3.8) is 0 Å². The number of nitrogens with zero attached hydrogens (tertiary/aromatic N) is 1. The summed E-state index contributed by atoms with van der Waals surface area (Å²) in [4.78, 5) is 27.4. The Labute approximate surface area is 264 Å². The van der Waals surface area contributed by atoms with Gasteiger partial charge in [0.15, 0.2) is 0 Å². The van der Waals surface area contributed by atoms with E-state index in [2.05, 4.69) is 11.6 Å². The van der Waals surface area contributed by atoms with E-state index in [9.17, 15) is 27.5 Å². The van der Waals surface area contributed by atoms with Gasteiger partial charge in [-0.15, -0.1) is 0 Å². The number of nitrogens with one attached hydrogen (secondary N) is 1. The van der Waals surface area contributed by atoms with E-state index in [1.54, 1.807) is 35.2 Å². The van der Waals surface area contributed by atoms with E-state index in [4.69, 9.17) is 9.47 Å². The average molecular weight is 641 g/mol. The number of aryl methyl sites for hydroxylation is 1. The molecule has 11 heteroatoms. The summed E-state index contributed by atoms with van der Waals surface area (Å²) in [6.45, 7) is 4.17. The Hall–Kier alpha value is -3.96. The van der Waals surface area contributed by atoms with Gasteiger partial charge >= 0.3 is 5.97 Å². The number of unbranched alkanes of at least 4 members (excludes halogenated alkanes) is 1. The van der Waals surface area contributed by atoms with E-state index < -0.39 is 39.9 Å². The van der Waals surface area contributed by atoms with Crippen LogP contribution < -0.4 is 14.4 Å². The van der Waals surface area contributed by atoms with Gasteiger partial charge in [-0.1, -0.05) is 37.6 Å². The lowest BCUT2D eigenvalue weighted by Gasteiger charge is -2.48. The monoisotopic (exact) mass is 640 g/mol. The van der Waals surface area contributed by atoms with Crippen LogP contribution in [-0.2, 0) is 30.8 Å². The van der Waals surface area contributed by atoms with E-state index >= 15 is 0 Å². The summed E-state index contributed by atoms with van der Waals surface area (Å²) < 4.78 is 50.4. The van der Waals surface area contributed by atoms with E-state index in [1.165, 1.54) is 19.1 Å². The van der Waals surface area contributed by atoms with Gasteiger partial charge < -0.3 is 19.5 Å². The quantitative estimate of drug-likeness (QED) is 0.112. The van der Waals surface area contributed by atoms with E-state index in [0.29, 0.717) is 55.8 Å². The van der Waals surface area contributed by atoms with Crippen LogP contribution in [-0.4, -0.2) is 44.8 Å². The molecular weight excluding hydrogens is 599 g/mol. The Balaban J connectivity index is 1.59. The van der Waals surface area contributed by atoms with E-state index in [-0.39, 0.29) is 11.7 Å². The number of aromatic hydroxyl groups is 1. The van der Waals surface area contributed by atoms with Crippen molar-refractivity contribution in [2.24, 2.45) is 5.92 Å². The van der Waals surface area contributed by atoms with Gasteiger partial charge in [0.05, 0.1) is 24.8 Å². The third-order valence-electron chi connectivity index (χ3n) is 7.80. The number of carbonyl (C=O) groups excluding carboxylic acids is 2. The van der Waals surface area contributed by atoms with Crippen LogP contribution in [0.4, 0.5) is 10.1 Å². The molecule has 3 aromatic carbocycles. The SMILES string of the molecule is CCCCOc1cc(O)ccc1[C@@H]1C(CC[C@H](OC(C)=O)c2ccc(F)cc2)C(=O)N1c1ccc(CCCNS(C)(=O)=O)cc1. The van der Waals surface area contributed by atoms with Crippen LogP contribution in [0, 0.1) is 11.7 Å². The zero-order valence-corrected chi connectivity index (χ0v) is 26.7. The van der Waals surface area contributed by atoms with Crippen molar-refractivity contribution in [3.05, 3.63) is 89.2 Å². The highest BCUT2D eigenvalue weighted by molar-refractivity contribution is 7.88. The Morgan fingerprint density at radius 1 is 1.07 bits per heavy atom. The maximum Gasteiger partial charge on any atom is 0.303 e. The van der Waals surface area contributed by atoms with Crippen molar-refractivity contribution in [2.45, 2.75) is 64.5 Å². The molecule has 1 unspecified atom stereocenters. The number of hydrogen-bond donors (Lipinski definition) is 2. The average Bonchev–Trinajstić information content (AvgIpc) is 2.98. The van der Waals surface area contributed by atoms with Crippen LogP contribution >= 0.6 is 0 Å². The number of amides is 1. The molecule has 1 aliphatic heterocycles. The number of esters is 1. The van der Waals surface area contributed by atoms with Gasteiger partial charge in [0, 0.05) is 30.8 Å². The minimum Gasteiger partial charge on any atom is -0.508 e. The number of phenolic OH excluding ortho intramolecular Hbond substituents is 1. The second kappa shape index (κ2) is 15.4. The van der Waals surface area contributed by atoms with Crippen LogP contribution in [0.25, 0.3) is 0 Å². The fraction of sp³-hybridized carbons (Fsp3) is 0.412. The lowest BCUT2D eigenvalue weighted by atomic mass is 9.77. The Kier molecular flexibility index (Phi) is 11.6. The smallest absolute Gasteiger partial charge is 0.303 e. The van der Waals surface area contributed by atoms with Gasteiger partial charge in [-0.25, -0.2) is 17.5 Å². The molecular formula is C34H41FN2O7S. The van der Waals surface area contributed by atoms with Crippen molar-refractivity contribution in [1.82, 2.24) is 4.72 Å². The molecule has 0 aromatic heterocycles. The number of ether oxygens (including phenoxy) is 2. The molecule has 1 aliphatic rings. The molecule has 0 bridgehead atoms. The first-order valence-corrected chi connectivity index (χ1v) is 17.1. The first-order chi connectivity index (χ1) is 21.5. The summed E-state index contributed by atoms with van der Waals surface area (Å²) in [6, 6.07) is 17.9. The number of anilines is 1. The summed E-state index contributed by atoms with van der Waals surface area (Å²) in [5.74, 6) is -0.882. The Morgan fingerprint density at radius 2 is 1.78 bits per heavy atom. The molecule has 9 nitrogen and oxygen atoms in total. The molecule has 0 radical (unpaired) electrons. The van der Waals surface area contributed by atoms with Gasteiger partial charge in [0.25, 0.3) is 0 Å². The lowest BCUT2D eigenvalue weighted by Crippen LogP contribution is -2.55. The van der Waals surface area contributed by atoms with Crippen LogP contribution in [0.2, 0.25) is 0 Å². The Bertz CT molecular complexity index is 1560. The van der Waals surface area contributed by atoms with Gasteiger partial charge in [-0.2, -0.15) is 0 Å². The number of carbonyl (C=O) groups is 2. The third-order valence-corrected chi connectivity index (χ3v) is 8.52. The minimum absolute atomic E-state index is 0.0555. The summed E-state index contributed by atoms with van der Waals surface area (Å²) in [5, 5.41) is 10.3. The first-order valence-electron chi connectivity index (χ1n) is 15.2. The molecule has 1 heterocycles. The number of rotatable bonds is 16. The topological polar surface area (TPSA) is 122 Å². The Morgan fingerprint density at radius 3 is 2.42 bits per heavy atom. The maximum atomic E-state index is 13.8. The zero-order valence-electron chi connectivity index (χ0n) is 25.9. The van der Waals surface area contributed by atoms with Crippen LogP contribution in [0.1, 0.15) is 74.8 Å². The largest absolute Gasteiger partial charge is 0.508 e. The maximum absolute atomic E-state index is 13.8. The predicted octanol–water partition coefficient (Wildman–Crippen LogP) is 5.98. The second-order valence-corrected chi connectivity index (χ2v) is 13.2. The third kappa shape index (κ3) is 9.27. The van der Waals surface area contributed by atoms with Gasteiger partial charge in [-0.05, 0) is 79.6 Å². The van der Waals surface area contributed by atoms with Crippen molar-refractivity contribution >= 4 is 27.6 Å². The molecule has 3 atom stereocenters. The number of sulfonamides is 1. The standard InChI is InChI=1S/C34H41FN2O7S/c1-4-5-21-43-32-22-28(39)16-17-29(32)33-30(18-19-31(44-23(2)38)25-10-12-26(35)13-11-25)34(40)37(33)27-14-8-24(9-15-27)7-6-20-36-45(3,41)42/h8-17,22,30-31,33,36,39H,4-7,18-21H2,1-3H3/t30?,31-,33+/m0/s1. The van der Waals surface area contributed by atoms with Crippen LogP contribution in [0.15, 0.2) is 66.7 Å². The van der Waals surface area contributed by atoms with Gasteiger partial charge in [-0.3, -0.25) is 9.59 Å². The van der Waals surface area contributed by atoms with Crippen LogP contribution in [0.5, 0.6) is 11.5 Å². The lowest BCUT2D eigenvalue weighted by molar-refractivity contribution is -0.147. The summed E-state index contributed by atoms with van der Waals surface area (Å²) in [5.41, 5.74) is 3.10. The van der Waals surface area contributed by atoms with E-state index in [1.807, 2.05) is 24.3 Å². The molecule has 1 saturated heterocycles. The number of benzene rings is 3. The van der Waals surface area contributed by atoms with E-state index in [0.717, 1.165) is 30.2 Å². The molecule has 0 saturated carbocycles. The van der Waals surface area contributed by atoms with Crippen LogP contribution in [0.3, 0.4) is 0 Å². The predicted molar refractivity (Wildman–Crippen MR) is 170 cm³/mol. The summed E-state index contributed by atoms with van der Waals surface area (Å²) in [6.07, 6.45) is 4.26. The molecule has 3 aromatic rings. The molecule has 0 aliphatic carbocycles. The highest BCUT2D eigenvalue weighted by Crippen LogP contribution is 2.49. The number of β-lactam (4-membered cyclic amide) rings is 1. The number of halogens is 1. The molecule has 1 amide bonds. The molecule has 242 valence electrons. The molecule has 0 spiro atoms. The van der Waals surface area contributed by atoms with Crippen molar-refractivity contribution < 1.29 is 37.0 Å². The molecule has 1 fully saturated rings.